The molecule has 1 fully saturated rings. The molecule has 1 atom stereocenters. The van der Waals surface area contributed by atoms with E-state index in [9.17, 15) is 4.79 Å². The van der Waals surface area contributed by atoms with Crippen molar-refractivity contribution >= 4 is 5.91 Å². The molecule has 8 nitrogen and oxygen atoms in total. The summed E-state index contributed by atoms with van der Waals surface area (Å²) in [5.41, 5.74) is 1.27. The minimum absolute atomic E-state index is 0.0167. The Morgan fingerprint density at radius 2 is 2.11 bits per heavy atom. The van der Waals surface area contributed by atoms with Crippen LogP contribution in [0.15, 0.2) is 57.9 Å². The summed E-state index contributed by atoms with van der Waals surface area (Å²) >= 11 is 0. The van der Waals surface area contributed by atoms with Crippen molar-refractivity contribution in [3.63, 3.8) is 0 Å². The first kappa shape index (κ1) is 17.4. The van der Waals surface area contributed by atoms with Gasteiger partial charge in [-0.15, -0.1) is 0 Å². The van der Waals surface area contributed by atoms with E-state index in [0.717, 1.165) is 18.7 Å². The van der Waals surface area contributed by atoms with E-state index in [1.165, 1.54) is 0 Å². The highest BCUT2D eigenvalue weighted by molar-refractivity contribution is 5.92. The molecule has 4 rings (SSSR count). The van der Waals surface area contributed by atoms with Gasteiger partial charge in [0.1, 0.15) is 0 Å². The van der Waals surface area contributed by atoms with Gasteiger partial charge in [0.15, 0.2) is 11.5 Å². The van der Waals surface area contributed by atoms with Gasteiger partial charge in [0.05, 0.1) is 25.5 Å². The van der Waals surface area contributed by atoms with E-state index in [-0.39, 0.29) is 17.6 Å². The highest BCUT2D eigenvalue weighted by Crippen LogP contribution is 2.22. The molecule has 8 heteroatoms. The van der Waals surface area contributed by atoms with Crippen molar-refractivity contribution in [3.8, 4) is 11.5 Å². The minimum Gasteiger partial charge on any atom is -0.461 e. The number of aromatic nitrogens is 2. The van der Waals surface area contributed by atoms with Gasteiger partial charge >= 0.3 is 0 Å². The molecule has 4 heterocycles. The van der Waals surface area contributed by atoms with Crippen molar-refractivity contribution in [2.75, 3.05) is 32.8 Å². The van der Waals surface area contributed by atoms with E-state index in [1.807, 2.05) is 18.3 Å². The van der Waals surface area contributed by atoms with Crippen molar-refractivity contribution in [1.29, 1.82) is 0 Å². The molecular weight excluding hydrogens is 348 g/mol. The van der Waals surface area contributed by atoms with Crippen molar-refractivity contribution < 1.29 is 18.5 Å². The first-order chi connectivity index (χ1) is 13.3. The molecule has 3 aromatic rings. The quantitative estimate of drug-likeness (QED) is 0.712. The Kier molecular flexibility index (Phi) is 5.27. The zero-order valence-electron chi connectivity index (χ0n) is 14.7. The predicted molar refractivity (Wildman–Crippen MR) is 95.9 cm³/mol. The first-order valence-corrected chi connectivity index (χ1v) is 8.82. The largest absolute Gasteiger partial charge is 0.461 e. The van der Waals surface area contributed by atoms with E-state index in [1.54, 1.807) is 30.7 Å². The van der Waals surface area contributed by atoms with E-state index >= 15 is 0 Å². The number of rotatable bonds is 6. The highest BCUT2D eigenvalue weighted by atomic mass is 16.5. The Morgan fingerprint density at radius 3 is 2.85 bits per heavy atom. The fourth-order valence-corrected chi connectivity index (χ4v) is 3.12. The van der Waals surface area contributed by atoms with Crippen LogP contribution in [0.4, 0.5) is 0 Å². The van der Waals surface area contributed by atoms with E-state index in [2.05, 4.69) is 20.4 Å². The van der Waals surface area contributed by atoms with Gasteiger partial charge in [0, 0.05) is 38.1 Å². The lowest BCUT2D eigenvalue weighted by Gasteiger charge is -2.34. The number of carbonyl (C=O) groups excluding carboxylic acids is 1. The van der Waals surface area contributed by atoms with Gasteiger partial charge in [-0.2, -0.15) is 0 Å². The molecule has 1 aliphatic rings. The second-order valence-corrected chi connectivity index (χ2v) is 6.21. The molecule has 1 aliphatic heterocycles. The summed E-state index contributed by atoms with van der Waals surface area (Å²) in [6, 6.07) is 9.00. The summed E-state index contributed by atoms with van der Waals surface area (Å²) < 4.78 is 15.9. The molecular formula is C19H20N4O4. The lowest BCUT2D eigenvalue weighted by atomic mass is 10.1. The van der Waals surface area contributed by atoms with Crippen LogP contribution in [0.25, 0.3) is 11.5 Å². The topological polar surface area (TPSA) is 93.6 Å². The van der Waals surface area contributed by atoms with Gasteiger partial charge in [0.2, 0.25) is 5.76 Å². The molecule has 0 radical (unpaired) electrons. The number of furan rings is 1. The van der Waals surface area contributed by atoms with E-state index < -0.39 is 0 Å². The van der Waals surface area contributed by atoms with Crippen LogP contribution in [-0.4, -0.2) is 53.8 Å². The molecule has 140 valence electrons. The number of hydrogen-bond donors (Lipinski definition) is 1. The molecule has 0 saturated carbocycles. The predicted octanol–water partition coefficient (Wildman–Crippen LogP) is 2.13. The molecule has 0 spiro atoms. The lowest BCUT2D eigenvalue weighted by Crippen LogP contribution is -2.43. The molecule has 1 N–H and O–H groups in total. The number of nitrogens with zero attached hydrogens (tertiary/aromatic N) is 3. The van der Waals surface area contributed by atoms with Crippen LogP contribution in [0.5, 0.6) is 0 Å². The van der Waals surface area contributed by atoms with Crippen LogP contribution < -0.4 is 5.32 Å². The average Bonchev–Trinajstić information content (AvgIpc) is 3.41. The average molecular weight is 368 g/mol. The maximum atomic E-state index is 12.5. The van der Waals surface area contributed by atoms with Crippen LogP contribution >= 0.6 is 0 Å². The molecule has 27 heavy (non-hydrogen) atoms. The third kappa shape index (κ3) is 4.07. The highest BCUT2D eigenvalue weighted by Gasteiger charge is 2.24. The minimum atomic E-state index is -0.293. The third-order valence-electron chi connectivity index (χ3n) is 4.52. The molecule has 0 bridgehead atoms. The molecule has 1 saturated heterocycles. The molecule has 1 amide bonds. The van der Waals surface area contributed by atoms with Crippen LogP contribution in [0.1, 0.15) is 22.1 Å². The Balaban J connectivity index is 1.45. The van der Waals surface area contributed by atoms with Crippen LogP contribution in [0.3, 0.4) is 0 Å². The maximum Gasteiger partial charge on any atom is 0.273 e. The zero-order chi connectivity index (χ0) is 18.5. The summed E-state index contributed by atoms with van der Waals surface area (Å²) in [7, 11) is 0. The molecule has 3 aromatic heterocycles. The second-order valence-electron chi connectivity index (χ2n) is 6.21. The van der Waals surface area contributed by atoms with Crippen molar-refractivity contribution in [3.05, 3.63) is 60.2 Å². The van der Waals surface area contributed by atoms with Gasteiger partial charge in [-0.3, -0.25) is 14.7 Å². The Labute approximate surface area is 156 Å². The smallest absolute Gasteiger partial charge is 0.273 e. The van der Waals surface area contributed by atoms with Crippen LogP contribution in [0.2, 0.25) is 0 Å². The van der Waals surface area contributed by atoms with Crippen molar-refractivity contribution in [1.82, 2.24) is 20.4 Å². The molecule has 0 aliphatic carbocycles. The van der Waals surface area contributed by atoms with Crippen molar-refractivity contribution in [2.24, 2.45) is 0 Å². The fourth-order valence-electron chi connectivity index (χ4n) is 3.12. The number of amides is 1. The molecule has 0 aromatic carbocycles. The lowest BCUT2D eigenvalue weighted by molar-refractivity contribution is 0.0161. The molecule has 1 unspecified atom stereocenters. The van der Waals surface area contributed by atoms with Gasteiger partial charge in [-0.05, 0) is 23.8 Å². The summed E-state index contributed by atoms with van der Waals surface area (Å²) in [6.45, 7) is 3.42. The van der Waals surface area contributed by atoms with Crippen LogP contribution in [0, 0.1) is 0 Å². The zero-order valence-corrected chi connectivity index (χ0v) is 14.7. The number of morpholine rings is 1. The normalized spacial score (nSPS) is 16.1. The Bertz CT molecular complexity index is 857. The number of ether oxygens (including phenoxy) is 1. The Hall–Kier alpha value is -2.97. The first-order valence-electron chi connectivity index (χ1n) is 8.82. The second kappa shape index (κ2) is 8.15. The Morgan fingerprint density at radius 1 is 1.22 bits per heavy atom. The van der Waals surface area contributed by atoms with Crippen LogP contribution in [-0.2, 0) is 4.74 Å². The summed E-state index contributed by atoms with van der Waals surface area (Å²) in [5.74, 6) is 0.656. The summed E-state index contributed by atoms with van der Waals surface area (Å²) in [4.78, 5) is 19.0. The summed E-state index contributed by atoms with van der Waals surface area (Å²) in [6.07, 6.45) is 5.11. The van der Waals surface area contributed by atoms with Crippen molar-refractivity contribution in [2.45, 2.75) is 6.04 Å². The third-order valence-corrected chi connectivity index (χ3v) is 4.52. The fraction of sp³-hybridized carbons (Fsp3) is 0.316. The monoisotopic (exact) mass is 368 g/mol. The number of carbonyl (C=O) groups is 1. The number of nitrogens with one attached hydrogen (secondary N) is 1. The van der Waals surface area contributed by atoms with Gasteiger partial charge in [-0.1, -0.05) is 11.2 Å². The number of pyridine rings is 1. The van der Waals surface area contributed by atoms with E-state index in [4.69, 9.17) is 13.7 Å². The van der Waals surface area contributed by atoms with Gasteiger partial charge < -0.3 is 19.0 Å². The summed E-state index contributed by atoms with van der Waals surface area (Å²) in [5, 5.41) is 6.79. The standard InChI is InChI=1S/C19H20N4O4/c24-19(15-11-18(27-22-15)17-4-2-8-26-17)21-13-16(14-3-1-5-20-12-14)23-6-9-25-10-7-23/h1-5,8,11-12,16H,6-7,9-10,13H2,(H,21,24). The maximum absolute atomic E-state index is 12.5. The number of hydrogen-bond acceptors (Lipinski definition) is 7. The van der Waals surface area contributed by atoms with Gasteiger partial charge in [-0.25, -0.2) is 0 Å². The van der Waals surface area contributed by atoms with E-state index in [0.29, 0.717) is 31.3 Å². The van der Waals surface area contributed by atoms with Gasteiger partial charge in [0.25, 0.3) is 5.91 Å². The SMILES string of the molecule is O=C(NCC(c1cccnc1)N1CCOCC1)c1cc(-c2ccco2)on1.